The second-order valence-electron chi connectivity index (χ2n) is 6.81. The van der Waals surface area contributed by atoms with Gasteiger partial charge in [-0.05, 0) is 38.0 Å². The molecule has 0 spiro atoms. The van der Waals surface area contributed by atoms with Crippen molar-refractivity contribution in [2.75, 3.05) is 0 Å². The van der Waals surface area contributed by atoms with E-state index >= 15 is 0 Å². The van der Waals surface area contributed by atoms with E-state index in [9.17, 15) is 8.78 Å². The summed E-state index contributed by atoms with van der Waals surface area (Å²) in [6, 6.07) is 14.9. The molecule has 2 rings (SSSR count). The average molecular weight is 349 g/mol. The van der Waals surface area contributed by atoms with Crippen LogP contribution in [0.5, 0.6) is 5.75 Å². The molecule has 1 N–H and O–H groups in total. The number of halogens is 2. The molecule has 0 bridgehead atoms. The Labute approximate surface area is 148 Å². The first-order chi connectivity index (χ1) is 11.8. The number of benzene rings is 2. The zero-order chi connectivity index (χ0) is 18.3. The van der Waals surface area contributed by atoms with Crippen molar-refractivity contribution in [2.45, 2.75) is 52.7 Å². The van der Waals surface area contributed by atoms with E-state index in [4.69, 9.17) is 4.74 Å². The number of alkyl halides is 2. The number of hydrogen-bond acceptors (Lipinski definition) is 3. The SMILES string of the molecule is CC(C)(C)OCc1cccc(CNCc2ccccc2OC(F)F)c1. The summed E-state index contributed by atoms with van der Waals surface area (Å²) < 4.78 is 35.2. The maximum atomic E-state index is 12.4. The van der Waals surface area contributed by atoms with Crippen LogP contribution in [0.2, 0.25) is 0 Å². The Kier molecular flexibility index (Phi) is 6.91. The second kappa shape index (κ2) is 8.92. The van der Waals surface area contributed by atoms with Crippen LogP contribution in [0.4, 0.5) is 8.78 Å². The van der Waals surface area contributed by atoms with E-state index in [2.05, 4.69) is 16.1 Å². The van der Waals surface area contributed by atoms with E-state index in [1.54, 1.807) is 24.3 Å². The van der Waals surface area contributed by atoms with E-state index < -0.39 is 6.61 Å². The van der Waals surface area contributed by atoms with Crippen LogP contribution in [0.1, 0.15) is 37.5 Å². The van der Waals surface area contributed by atoms with Gasteiger partial charge in [0.1, 0.15) is 5.75 Å². The summed E-state index contributed by atoms with van der Waals surface area (Å²) in [5, 5.41) is 3.27. The van der Waals surface area contributed by atoms with Crippen molar-refractivity contribution in [3.8, 4) is 5.75 Å². The van der Waals surface area contributed by atoms with Gasteiger partial charge in [-0.2, -0.15) is 8.78 Å². The number of para-hydroxylation sites is 1. The average Bonchev–Trinajstić information content (AvgIpc) is 2.54. The largest absolute Gasteiger partial charge is 0.434 e. The van der Waals surface area contributed by atoms with Gasteiger partial charge in [0.15, 0.2) is 0 Å². The van der Waals surface area contributed by atoms with Crippen molar-refractivity contribution in [3.05, 3.63) is 65.2 Å². The Balaban J connectivity index is 1.90. The van der Waals surface area contributed by atoms with E-state index in [0.717, 1.165) is 11.1 Å². The van der Waals surface area contributed by atoms with Crippen LogP contribution in [-0.2, 0) is 24.4 Å². The normalized spacial score (nSPS) is 11.8. The zero-order valence-corrected chi connectivity index (χ0v) is 14.9. The van der Waals surface area contributed by atoms with Gasteiger partial charge in [-0.1, -0.05) is 42.5 Å². The summed E-state index contributed by atoms with van der Waals surface area (Å²) in [5.41, 5.74) is 2.75. The van der Waals surface area contributed by atoms with Gasteiger partial charge in [0.25, 0.3) is 0 Å². The van der Waals surface area contributed by atoms with Crippen molar-refractivity contribution in [1.82, 2.24) is 5.32 Å². The van der Waals surface area contributed by atoms with Gasteiger partial charge in [0.05, 0.1) is 12.2 Å². The molecule has 0 amide bonds. The van der Waals surface area contributed by atoms with Crippen LogP contribution in [-0.4, -0.2) is 12.2 Å². The van der Waals surface area contributed by atoms with Crippen LogP contribution < -0.4 is 10.1 Å². The van der Waals surface area contributed by atoms with Crippen molar-refractivity contribution < 1.29 is 18.3 Å². The van der Waals surface area contributed by atoms with Crippen LogP contribution in [0.25, 0.3) is 0 Å². The summed E-state index contributed by atoms with van der Waals surface area (Å²) in [7, 11) is 0. The van der Waals surface area contributed by atoms with Gasteiger partial charge in [-0.25, -0.2) is 0 Å². The Hall–Kier alpha value is -1.98. The Morgan fingerprint density at radius 3 is 2.40 bits per heavy atom. The summed E-state index contributed by atoms with van der Waals surface area (Å²) >= 11 is 0. The molecule has 2 aromatic rings. The van der Waals surface area contributed by atoms with Gasteiger partial charge in [-0.3, -0.25) is 0 Å². The summed E-state index contributed by atoms with van der Waals surface area (Å²) in [4.78, 5) is 0. The Morgan fingerprint density at radius 1 is 0.960 bits per heavy atom. The molecule has 0 aromatic heterocycles. The predicted molar refractivity (Wildman–Crippen MR) is 94.6 cm³/mol. The summed E-state index contributed by atoms with van der Waals surface area (Å²) in [5.74, 6) is 0.206. The fraction of sp³-hybridized carbons (Fsp3) is 0.400. The summed E-state index contributed by atoms with van der Waals surface area (Å²) in [6.45, 7) is 4.90. The Morgan fingerprint density at radius 2 is 1.68 bits per heavy atom. The number of nitrogens with one attached hydrogen (secondary N) is 1. The molecule has 0 saturated carbocycles. The lowest BCUT2D eigenvalue weighted by molar-refractivity contribution is -0.0505. The molecule has 5 heteroatoms. The summed E-state index contributed by atoms with van der Waals surface area (Å²) in [6.07, 6.45) is 0. The first-order valence-corrected chi connectivity index (χ1v) is 8.29. The van der Waals surface area contributed by atoms with Gasteiger partial charge < -0.3 is 14.8 Å². The minimum Gasteiger partial charge on any atom is -0.434 e. The molecular formula is C20H25F2NO2. The number of ether oxygens (including phenoxy) is 2. The topological polar surface area (TPSA) is 30.5 Å². The molecule has 136 valence electrons. The molecule has 0 saturated heterocycles. The van der Waals surface area contributed by atoms with Crippen molar-refractivity contribution in [1.29, 1.82) is 0 Å². The molecule has 25 heavy (non-hydrogen) atoms. The third-order valence-electron chi connectivity index (χ3n) is 3.50. The molecule has 0 fully saturated rings. The van der Waals surface area contributed by atoms with Crippen LogP contribution in [0, 0.1) is 0 Å². The highest BCUT2D eigenvalue weighted by Gasteiger charge is 2.10. The van der Waals surface area contributed by atoms with E-state index in [-0.39, 0.29) is 11.4 Å². The standard InChI is InChI=1S/C20H25F2NO2/c1-20(2,3)24-14-16-8-6-7-15(11-16)12-23-13-17-9-4-5-10-18(17)25-19(21)22/h4-11,19,23H,12-14H2,1-3H3. The second-order valence-corrected chi connectivity index (χ2v) is 6.81. The lowest BCUT2D eigenvalue weighted by atomic mass is 10.1. The molecule has 0 atom stereocenters. The highest BCUT2D eigenvalue weighted by Crippen LogP contribution is 2.20. The van der Waals surface area contributed by atoms with Crippen molar-refractivity contribution in [2.24, 2.45) is 0 Å². The molecule has 2 aromatic carbocycles. The van der Waals surface area contributed by atoms with Crippen molar-refractivity contribution >= 4 is 0 Å². The third kappa shape index (κ3) is 7.20. The third-order valence-corrected chi connectivity index (χ3v) is 3.50. The van der Waals surface area contributed by atoms with E-state index in [1.807, 2.05) is 39.0 Å². The van der Waals surface area contributed by atoms with Crippen molar-refractivity contribution in [3.63, 3.8) is 0 Å². The highest BCUT2D eigenvalue weighted by atomic mass is 19.3. The van der Waals surface area contributed by atoms with E-state index in [0.29, 0.717) is 25.3 Å². The van der Waals surface area contributed by atoms with Gasteiger partial charge in [0, 0.05) is 18.7 Å². The molecule has 0 radical (unpaired) electrons. The number of rotatable bonds is 8. The van der Waals surface area contributed by atoms with Gasteiger partial charge in [-0.15, -0.1) is 0 Å². The molecule has 3 nitrogen and oxygen atoms in total. The van der Waals surface area contributed by atoms with E-state index in [1.165, 1.54) is 0 Å². The minimum absolute atomic E-state index is 0.178. The van der Waals surface area contributed by atoms with Crippen LogP contribution in [0.15, 0.2) is 48.5 Å². The molecule has 0 aliphatic heterocycles. The fourth-order valence-corrected chi connectivity index (χ4v) is 2.33. The van der Waals surface area contributed by atoms with Gasteiger partial charge in [0.2, 0.25) is 0 Å². The van der Waals surface area contributed by atoms with Crippen LogP contribution >= 0.6 is 0 Å². The maximum Gasteiger partial charge on any atom is 0.387 e. The lowest BCUT2D eigenvalue weighted by Crippen LogP contribution is -2.19. The Bertz CT molecular complexity index is 669. The first-order valence-electron chi connectivity index (χ1n) is 8.29. The maximum absolute atomic E-state index is 12.4. The van der Waals surface area contributed by atoms with Gasteiger partial charge >= 0.3 is 6.61 Å². The quantitative estimate of drug-likeness (QED) is 0.736. The lowest BCUT2D eigenvalue weighted by Gasteiger charge is -2.19. The molecule has 0 heterocycles. The number of hydrogen-bond donors (Lipinski definition) is 1. The first kappa shape index (κ1) is 19.3. The molecule has 0 aliphatic rings. The minimum atomic E-state index is -2.82. The fourth-order valence-electron chi connectivity index (χ4n) is 2.33. The highest BCUT2D eigenvalue weighted by molar-refractivity contribution is 5.33. The monoisotopic (exact) mass is 349 g/mol. The molecular weight excluding hydrogens is 324 g/mol. The van der Waals surface area contributed by atoms with Crippen LogP contribution in [0.3, 0.4) is 0 Å². The molecule has 0 unspecified atom stereocenters. The molecule has 0 aliphatic carbocycles. The smallest absolute Gasteiger partial charge is 0.387 e. The predicted octanol–water partition coefficient (Wildman–Crippen LogP) is 4.89. The zero-order valence-electron chi connectivity index (χ0n) is 14.9.